The molecule has 0 saturated carbocycles. The van der Waals surface area contributed by atoms with Gasteiger partial charge in [0.15, 0.2) is 15.8 Å². The summed E-state index contributed by atoms with van der Waals surface area (Å²) in [4.78, 5) is 9.71. The number of ether oxygens (including phenoxy) is 2. The number of rotatable bonds is 4. The van der Waals surface area contributed by atoms with Crippen LogP contribution in [0.4, 0.5) is 5.00 Å². The number of thiazole rings is 1. The lowest BCUT2D eigenvalue weighted by molar-refractivity contribution is 0.355. The monoisotopic (exact) mass is 319 g/mol. The van der Waals surface area contributed by atoms with Crippen LogP contribution in [0.2, 0.25) is 0 Å². The van der Waals surface area contributed by atoms with E-state index in [9.17, 15) is 0 Å². The van der Waals surface area contributed by atoms with Crippen molar-refractivity contribution in [3.63, 3.8) is 0 Å². The molecule has 3 aromatic rings. The number of nitrogens with zero attached hydrogens (tertiary/aromatic N) is 2. The summed E-state index contributed by atoms with van der Waals surface area (Å²) in [6, 6.07) is 5.76. The lowest BCUT2D eigenvalue weighted by atomic mass is 10.2. The topological polar surface area (TPSA) is 70.3 Å². The van der Waals surface area contributed by atoms with E-state index in [1.165, 1.54) is 11.3 Å². The Morgan fingerprint density at radius 1 is 1.14 bits per heavy atom. The van der Waals surface area contributed by atoms with Gasteiger partial charge >= 0.3 is 0 Å². The summed E-state index contributed by atoms with van der Waals surface area (Å²) in [5.41, 5.74) is 6.57. The molecule has 0 aliphatic rings. The first-order chi connectivity index (χ1) is 10.2. The van der Waals surface area contributed by atoms with Crippen LogP contribution in [0.5, 0.6) is 11.5 Å². The molecule has 2 N–H and O–H groups in total. The molecule has 0 atom stereocenters. The second-order valence-corrected chi connectivity index (χ2v) is 6.52. The summed E-state index contributed by atoms with van der Waals surface area (Å²) >= 11 is 3.02. The van der Waals surface area contributed by atoms with Crippen LogP contribution in [0.3, 0.4) is 0 Å². The molecular formula is C14H13N3O2S2. The third-order valence-electron chi connectivity index (χ3n) is 2.91. The third-order valence-corrected chi connectivity index (χ3v) is 4.88. The van der Waals surface area contributed by atoms with Gasteiger partial charge in [0, 0.05) is 22.5 Å². The molecule has 0 unspecified atom stereocenters. The maximum absolute atomic E-state index is 5.72. The van der Waals surface area contributed by atoms with Crippen LogP contribution in [0, 0.1) is 0 Å². The number of hydrogen-bond donors (Lipinski definition) is 1. The SMILES string of the molecule is COc1cc2nccc(Sc3ncc(N)s3)c2cc1OC. The predicted molar refractivity (Wildman–Crippen MR) is 85.5 cm³/mol. The molecule has 108 valence electrons. The number of pyridine rings is 1. The van der Waals surface area contributed by atoms with Crippen molar-refractivity contribution in [2.75, 3.05) is 20.0 Å². The molecule has 3 rings (SSSR count). The van der Waals surface area contributed by atoms with Crippen LogP contribution in [0.15, 0.2) is 39.8 Å². The fraction of sp³-hybridized carbons (Fsp3) is 0.143. The Hall–Kier alpha value is -1.99. The van der Waals surface area contributed by atoms with Crippen molar-refractivity contribution in [3.8, 4) is 11.5 Å². The highest BCUT2D eigenvalue weighted by Gasteiger charge is 2.11. The van der Waals surface area contributed by atoms with E-state index in [1.807, 2.05) is 18.2 Å². The Kier molecular flexibility index (Phi) is 3.85. The van der Waals surface area contributed by atoms with Crippen LogP contribution < -0.4 is 15.2 Å². The molecule has 0 spiro atoms. The highest BCUT2D eigenvalue weighted by Crippen LogP contribution is 2.39. The van der Waals surface area contributed by atoms with Gasteiger partial charge in [0.2, 0.25) is 0 Å². The Bertz CT molecular complexity index is 789. The van der Waals surface area contributed by atoms with Crippen LogP contribution >= 0.6 is 23.1 Å². The molecular weight excluding hydrogens is 306 g/mol. The highest BCUT2D eigenvalue weighted by molar-refractivity contribution is 8.01. The molecule has 0 bridgehead atoms. The van der Waals surface area contributed by atoms with E-state index in [1.54, 1.807) is 38.4 Å². The molecule has 0 fully saturated rings. The summed E-state index contributed by atoms with van der Waals surface area (Å²) < 4.78 is 11.6. The van der Waals surface area contributed by atoms with Crippen LogP contribution in [-0.2, 0) is 0 Å². The van der Waals surface area contributed by atoms with Crippen molar-refractivity contribution >= 4 is 39.0 Å². The first-order valence-electron chi connectivity index (χ1n) is 6.11. The number of nitrogens with two attached hydrogens (primary N) is 1. The van der Waals surface area contributed by atoms with E-state index in [2.05, 4.69) is 9.97 Å². The molecule has 21 heavy (non-hydrogen) atoms. The Labute approximate surface area is 130 Å². The quantitative estimate of drug-likeness (QED) is 0.794. The molecule has 0 amide bonds. The summed E-state index contributed by atoms with van der Waals surface area (Å²) in [5, 5.41) is 1.70. The van der Waals surface area contributed by atoms with Crippen molar-refractivity contribution in [1.82, 2.24) is 9.97 Å². The van der Waals surface area contributed by atoms with Crippen molar-refractivity contribution in [2.24, 2.45) is 0 Å². The maximum Gasteiger partial charge on any atom is 0.162 e. The summed E-state index contributed by atoms with van der Waals surface area (Å²) in [6.45, 7) is 0. The van der Waals surface area contributed by atoms with Gasteiger partial charge in [-0.2, -0.15) is 0 Å². The van der Waals surface area contributed by atoms with Crippen molar-refractivity contribution in [2.45, 2.75) is 9.24 Å². The van der Waals surface area contributed by atoms with Gasteiger partial charge in [-0.05, 0) is 12.1 Å². The van der Waals surface area contributed by atoms with E-state index >= 15 is 0 Å². The molecule has 7 heteroatoms. The number of benzene rings is 1. The molecule has 1 aromatic carbocycles. The summed E-state index contributed by atoms with van der Waals surface area (Å²) in [7, 11) is 3.23. The fourth-order valence-electron chi connectivity index (χ4n) is 1.95. The van der Waals surface area contributed by atoms with E-state index < -0.39 is 0 Å². The molecule has 5 nitrogen and oxygen atoms in total. The zero-order chi connectivity index (χ0) is 14.8. The van der Waals surface area contributed by atoms with Crippen molar-refractivity contribution < 1.29 is 9.47 Å². The Balaban J connectivity index is 2.10. The first-order valence-corrected chi connectivity index (χ1v) is 7.74. The van der Waals surface area contributed by atoms with Gasteiger partial charge in [0.05, 0.1) is 25.9 Å². The minimum Gasteiger partial charge on any atom is -0.493 e. The van der Waals surface area contributed by atoms with E-state index in [4.69, 9.17) is 15.2 Å². The zero-order valence-electron chi connectivity index (χ0n) is 11.5. The normalized spacial score (nSPS) is 10.8. The fourth-order valence-corrected chi connectivity index (χ4v) is 3.78. The number of aromatic nitrogens is 2. The first kappa shape index (κ1) is 14.0. The van der Waals surface area contributed by atoms with Gasteiger partial charge in [-0.1, -0.05) is 23.1 Å². The lowest BCUT2D eigenvalue weighted by Gasteiger charge is -2.10. The van der Waals surface area contributed by atoms with Gasteiger partial charge < -0.3 is 15.2 Å². The molecule has 0 radical (unpaired) electrons. The van der Waals surface area contributed by atoms with Gasteiger partial charge in [-0.3, -0.25) is 4.98 Å². The molecule has 0 aliphatic carbocycles. The lowest BCUT2D eigenvalue weighted by Crippen LogP contribution is -1.92. The highest BCUT2D eigenvalue weighted by atomic mass is 32.2. The van der Waals surface area contributed by atoms with E-state index in [0.29, 0.717) is 16.5 Å². The molecule has 2 heterocycles. The predicted octanol–water partition coefficient (Wildman–Crippen LogP) is 3.44. The number of fused-ring (bicyclic) bond motifs is 1. The molecule has 0 saturated heterocycles. The minimum atomic E-state index is 0.665. The maximum atomic E-state index is 5.72. The van der Waals surface area contributed by atoms with Crippen LogP contribution in [-0.4, -0.2) is 24.2 Å². The largest absolute Gasteiger partial charge is 0.493 e. The van der Waals surface area contributed by atoms with Gasteiger partial charge in [0.1, 0.15) is 5.00 Å². The minimum absolute atomic E-state index is 0.665. The summed E-state index contributed by atoms with van der Waals surface area (Å²) in [5.74, 6) is 1.34. The smallest absolute Gasteiger partial charge is 0.162 e. The van der Waals surface area contributed by atoms with E-state index in [0.717, 1.165) is 20.1 Å². The van der Waals surface area contributed by atoms with Gasteiger partial charge in [-0.25, -0.2) is 4.98 Å². The Morgan fingerprint density at radius 2 is 1.90 bits per heavy atom. The van der Waals surface area contributed by atoms with E-state index in [-0.39, 0.29) is 0 Å². The number of hydrogen-bond acceptors (Lipinski definition) is 7. The average molecular weight is 319 g/mol. The van der Waals surface area contributed by atoms with Crippen molar-refractivity contribution in [3.05, 3.63) is 30.6 Å². The zero-order valence-corrected chi connectivity index (χ0v) is 13.1. The second kappa shape index (κ2) is 5.79. The Morgan fingerprint density at radius 3 is 2.57 bits per heavy atom. The number of anilines is 1. The van der Waals surface area contributed by atoms with Gasteiger partial charge in [-0.15, -0.1) is 0 Å². The standard InChI is InChI=1S/C14H13N3O2S2/c1-18-10-5-8-9(6-11(10)19-2)16-4-3-12(8)20-14-17-7-13(15)21-14/h3-7H,15H2,1-2H3. The van der Waals surface area contributed by atoms with Crippen LogP contribution in [0.1, 0.15) is 0 Å². The molecule has 0 aliphatic heterocycles. The third kappa shape index (κ3) is 2.74. The average Bonchev–Trinajstić information content (AvgIpc) is 2.91. The number of methoxy groups -OCH3 is 2. The summed E-state index contributed by atoms with van der Waals surface area (Å²) in [6.07, 6.45) is 3.44. The van der Waals surface area contributed by atoms with Gasteiger partial charge in [0.25, 0.3) is 0 Å². The molecule has 2 aromatic heterocycles. The number of nitrogen functional groups attached to an aromatic ring is 1. The van der Waals surface area contributed by atoms with Crippen molar-refractivity contribution in [1.29, 1.82) is 0 Å². The van der Waals surface area contributed by atoms with Crippen LogP contribution in [0.25, 0.3) is 10.9 Å². The second-order valence-electron chi connectivity index (χ2n) is 4.16.